The lowest BCUT2D eigenvalue weighted by Gasteiger charge is -2.40. The van der Waals surface area contributed by atoms with Gasteiger partial charge >= 0.3 is 0 Å². The van der Waals surface area contributed by atoms with Crippen LogP contribution in [0, 0.1) is 19.8 Å². The summed E-state index contributed by atoms with van der Waals surface area (Å²) in [5.41, 5.74) is 4.70. The molecule has 6 heteroatoms. The molecule has 1 aliphatic rings. The molecule has 0 saturated carbocycles. The van der Waals surface area contributed by atoms with E-state index in [1.165, 1.54) is 10.4 Å². The van der Waals surface area contributed by atoms with Crippen molar-refractivity contribution in [3.8, 4) is 5.69 Å². The summed E-state index contributed by atoms with van der Waals surface area (Å²) >= 11 is 0. The number of hydrogen-bond donors (Lipinski definition) is 0. The zero-order chi connectivity index (χ0) is 21.1. The molecule has 6 nitrogen and oxygen atoms in total. The Morgan fingerprint density at radius 3 is 2.60 bits per heavy atom. The van der Waals surface area contributed by atoms with Crippen LogP contribution >= 0.6 is 0 Å². The van der Waals surface area contributed by atoms with E-state index in [-0.39, 0.29) is 11.9 Å². The normalized spacial score (nSPS) is 19.1. The maximum absolute atomic E-state index is 13.7. The molecule has 1 saturated heterocycles. The van der Waals surface area contributed by atoms with Crippen LogP contribution in [0.25, 0.3) is 5.69 Å². The summed E-state index contributed by atoms with van der Waals surface area (Å²) in [7, 11) is 0. The third-order valence-corrected chi connectivity index (χ3v) is 6.06. The van der Waals surface area contributed by atoms with Crippen molar-refractivity contribution in [1.29, 1.82) is 0 Å². The largest absolute Gasteiger partial charge is 0.335 e. The predicted molar refractivity (Wildman–Crippen MR) is 117 cm³/mol. The van der Waals surface area contributed by atoms with Crippen molar-refractivity contribution >= 4 is 5.91 Å². The Morgan fingerprint density at radius 1 is 1.10 bits per heavy atom. The SMILES string of the molecule is Cc1ccc(CC[C@@H]2[C@H](C)CCCN2C(=O)c2cc(C)ccc2-n2nccn2)nc1. The van der Waals surface area contributed by atoms with Gasteiger partial charge in [-0.2, -0.15) is 15.0 Å². The van der Waals surface area contributed by atoms with Gasteiger partial charge in [-0.25, -0.2) is 0 Å². The highest BCUT2D eigenvalue weighted by Crippen LogP contribution is 2.29. The highest BCUT2D eigenvalue weighted by Gasteiger charge is 2.33. The van der Waals surface area contributed by atoms with Gasteiger partial charge in [-0.05, 0) is 69.2 Å². The molecule has 2 atom stereocenters. The Bertz CT molecular complexity index is 997. The van der Waals surface area contributed by atoms with Crippen molar-refractivity contribution in [2.75, 3.05) is 6.54 Å². The van der Waals surface area contributed by atoms with E-state index in [2.05, 4.69) is 39.1 Å². The summed E-state index contributed by atoms with van der Waals surface area (Å²) in [5.74, 6) is 0.531. The van der Waals surface area contributed by atoms with E-state index in [9.17, 15) is 4.79 Å². The number of piperidine rings is 1. The molecule has 2 aromatic heterocycles. The number of likely N-dealkylation sites (tertiary alicyclic amines) is 1. The van der Waals surface area contributed by atoms with Gasteiger partial charge in [0.15, 0.2) is 0 Å². The van der Waals surface area contributed by atoms with Gasteiger partial charge in [-0.1, -0.05) is 24.6 Å². The average Bonchev–Trinajstić information content (AvgIpc) is 3.28. The highest BCUT2D eigenvalue weighted by atomic mass is 16.2. The van der Waals surface area contributed by atoms with Gasteiger partial charge < -0.3 is 4.90 Å². The highest BCUT2D eigenvalue weighted by molar-refractivity contribution is 5.98. The molecule has 30 heavy (non-hydrogen) atoms. The van der Waals surface area contributed by atoms with Crippen molar-refractivity contribution in [2.24, 2.45) is 5.92 Å². The van der Waals surface area contributed by atoms with Crippen molar-refractivity contribution in [3.63, 3.8) is 0 Å². The second-order valence-corrected chi connectivity index (χ2v) is 8.39. The van der Waals surface area contributed by atoms with Gasteiger partial charge in [-0.15, -0.1) is 0 Å². The molecule has 0 radical (unpaired) electrons. The molecule has 1 fully saturated rings. The van der Waals surface area contributed by atoms with Gasteiger partial charge in [0, 0.05) is 24.5 Å². The second-order valence-electron chi connectivity index (χ2n) is 8.39. The summed E-state index contributed by atoms with van der Waals surface area (Å²) in [6.07, 6.45) is 9.16. The predicted octanol–water partition coefficient (Wildman–Crippen LogP) is 4.15. The molecule has 0 bridgehead atoms. The Labute approximate surface area is 177 Å². The number of nitrogens with zero attached hydrogens (tertiary/aromatic N) is 5. The fourth-order valence-corrected chi connectivity index (χ4v) is 4.37. The number of aryl methyl sites for hydroxylation is 3. The van der Waals surface area contributed by atoms with Crippen LogP contribution in [0.1, 0.15) is 53.4 Å². The fraction of sp³-hybridized carbons (Fsp3) is 0.417. The van der Waals surface area contributed by atoms with Crippen LogP contribution in [0.5, 0.6) is 0 Å². The molecular weight excluding hydrogens is 374 g/mol. The monoisotopic (exact) mass is 403 g/mol. The molecule has 4 rings (SSSR count). The van der Waals surface area contributed by atoms with Gasteiger partial charge in [0.25, 0.3) is 5.91 Å². The number of carbonyl (C=O) groups excluding carboxylic acids is 1. The lowest BCUT2D eigenvalue weighted by Crippen LogP contribution is -2.48. The van der Waals surface area contributed by atoms with Crippen LogP contribution in [0.3, 0.4) is 0 Å². The standard InChI is InChI=1S/C24H29N5O/c1-17-7-10-23(29-26-12-13-27-29)21(15-17)24(30)28-14-4-5-19(3)22(28)11-9-20-8-6-18(2)16-25-20/h6-8,10,12-13,15-16,19,22H,4-5,9,11,14H2,1-3H3/t19-,22-/m1/s1. The fourth-order valence-electron chi connectivity index (χ4n) is 4.37. The summed E-state index contributed by atoms with van der Waals surface area (Å²) in [5, 5.41) is 8.50. The van der Waals surface area contributed by atoms with Crippen LogP contribution < -0.4 is 0 Å². The average molecular weight is 404 g/mol. The third-order valence-electron chi connectivity index (χ3n) is 6.06. The molecule has 3 heterocycles. The number of amides is 1. The number of rotatable bonds is 5. The first kappa shape index (κ1) is 20.3. The van der Waals surface area contributed by atoms with E-state index >= 15 is 0 Å². The number of benzene rings is 1. The topological polar surface area (TPSA) is 63.9 Å². The zero-order valence-corrected chi connectivity index (χ0v) is 18.0. The maximum atomic E-state index is 13.7. The number of pyridine rings is 1. The number of aromatic nitrogens is 4. The van der Waals surface area contributed by atoms with Crippen LogP contribution in [-0.4, -0.2) is 43.4 Å². The summed E-state index contributed by atoms with van der Waals surface area (Å²) < 4.78 is 0. The van der Waals surface area contributed by atoms with Crippen LogP contribution in [0.4, 0.5) is 0 Å². The van der Waals surface area contributed by atoms with E-state index < -0.39 is 0 Å². The van der Waals surface area contributed by atoms with E-state index in [4.69, 9.17) is 0 Å². The molecule has 1 aromatic carbocycles. The summed E-state index contributed by atoms with van der Waals surface area (Å²) in [6, 6.07) is 10.3. The summed E-state index contributed by atoms with van der Waals surface area (Å²) in [6.45, 7) is 7.11. The third kappa shape index (κ3) is 4.27. The van der Waals surface area contributed by atoms with E-state index in [0.29, 0.717) is 11.5 Å². The molecule has 0 N–H and O–H groups in total. The first-order valence-electron chi connectivity index (χ1n) is 10.7. The van der Waals surface area contributed by atoms with Crippen LogP contribution in [-0.2, 0) is 6.42 Å². The van der Waals surface area contributed by atoms with E-state index in [1.54, 1.807) is 12.4 Å². The van der Waals surface area contributed by atoms with Crippen molar-refractivity contribution in [2.45, 2.75) is 52.5 Å². The van der Waals surface area contributed by atoms with Gasteiger partial charge in [0.1, 0.15) is 0 Å². The minimum Gasteiger partial charge on any atom is -0.335 e. The maximum Gasteiger partial charge on any atom is 0.256 e. The molecule has 3 aromatic rings. The quantitative estimate of drug-likeness (QED) is 0.642. The Balaban J connectivity index is 1.60. The first-order valence-corrected chi connectivity index (χ1v) is 10.7. The van der Waals surface area contributed by atoms with E-state index in [0.717, 1.165) is 49.2 Å². The van der Waals surface area contributed by atoms with Gasteiger partial charge in [0.05, 0.1) is 23.6 Å². The number of hydrogen-bond acceptors (Lipinski definition) is 4. The Hall–Kier alpha value is -3.02. The molecule has 0 spiro atoms. The van der Waals surface area contributed by atoms with E-state index in [1.807, 2.05) is 38.2 Å². The molecule has 156 valence electrons. The zero-order valence-electron chi connectivity index (χ0n) is 18.0. The molecular formula is C24H29N5O. The Morgan fingerprint density at radius 2 is 1.87 bits per heavy atom. The number of carbonyl (C=O) groups is 1. The van der Waals surface area contributed by atoms with Gasteiger partial charge in [-0.3, -0.25) is 9.78 Å². The second kappa shape index (κ2) is 8.78. The Kier molecular flexibility index (Phi) is 5.93. The molecule has 0 aliphatic carbocycles. The van der Waals surface area contributed by atoms with Crippen molar-refractivity contribution in [1.82, 2.24) is 24.9 Å². The lowest BCUT2D eigenvalue weighted by molar-refractivity contribution is 0.0498. The van der Waals surface area contributed by atoms with Crippen molar-refractivity contribution < 1.29 is 4.79 Å². The molecule has 0 unspecified atom stereocenters. The minimum absolute atomic E-state index is 0.0689. The minimum atomic E-state index is 0.0689. The van der Waals surface area contributed by atoms with Crippen LogP contribution in [0.2, 0.25) is 0 Å². The molecule has 1 aliphatic heterocycles. The summed E-state index contributed by atoms with van der Waals surface area (Å²) in [4.78, 5) is 21.9. The van der Waals surface area contributed by atoms with Crippen LogP contribution in [0.15, 0.2) is 48.9 Å². The first-order chi connectivity index (χ1) is 14.5. The lowest BCUT2D eigenvalue weighted by atomic mass is 9.86. The smallest absolute Gasteiger partial charge is 0.256 e. The van der Waals surface area contributed by atoms with Gasteiger partial charge in [0.2, 0.25) is 0 Å². The van der Waals surface area contributed by atoms with Crippen molar-refractivity contribution in [3.05, 3.63) is 71.3 Å². The molecule has 1 amide bonds.